The number of nitrogens with zero attached hydrogens (tertiary/aromatic N) is 1. The van der Waals surface area contributed by atoms with E-state index in [9.17, 15) is 13.2 Å². The van der Waals surface area contributed by atoms with E-state index in [0.717, 1.165) is 5.56 Å². The van der Waals surface area contributed by atoms with E-state index in [0.29, 0.717) is 10.9 Å². The van der Waals surface area contributed by atoms with Crippen LogP contribution in [-0.4, -0.2) is 24.1 Å². The maximum absolute atomic E-state index is 11.6. The number of rotatable bonds is 2. The van der Waals surface area contributed by atoms with Crippen molar-refractivity contribution >= 4 is 26.9 Å². The maximum atomic E-state index is 11.6. The summed E-state index contributed by atoms with van der Waals surface area (Å²) in [7, 11) is -2.61. The van der Waals surface area contributed by atoms with Crippen LogP contribution in [0.15, 0.2) is 23.1 Å². The first kappa shape index (κ1) is 12.6. The smallest absolute Gasteiger partial charge is 0.353 e. The highest BCUT2D eigenvalue weighted by atomic mass is 32.2. The summed E-state index contributed by atoms with van der Waals surface area (Å²) in [6, 6.07) is 5.06. The minimum atomic E-state index is -4.10. The molecule has 0 saturated heterocycles. The Labute approximate surface area is 104 Å². The third-order valence-corrected chi connectivity index (χ3v) is 3.78. The van der Waals surface area contributed by atoms with Gasteiger partial charge in [0.15, 0.2) is 0 Å². The lowest BCUT2D eigenvalue weighted by atomic mass is 10.2. The van der Waals surface area contributed by atoms with Crippen molar-refractivity contribution < 1.29 is 18.3 Å². The van der Waals surface area contributed by atoms with Crippen LogP contribution in [0.25, 0.3) is 10.9 Å². The van der Waals surface area contributed by atoms with Crippen LogP contribution in [0.1, 0.15) is 16.1 Å². The minimum Gasteiger partial charge on any atom is -0.477 e. The number of hydrogen-bond donors (Lipinski definition) is 2. The van der Waals surface area contributed by atoms with Crippen molar-refractivity contribution in [3.8, 4) is 0 Å². The summed E-state index contributed by atoms with van der Waals surface area (Å²) >= 11 is 0. The third-order valence-electron chi connectivity index (χ3n) is 2.80. The number of aromatic carboxylic acids is 1. The second-order valence-electron chi connectivity index (χ2n) is 4.11. The molecule has 96 valence electrons. The number of carboxylic acids is 1. The van der Waals surface area contributed by atoms with E-state index < -0.39 is 16.0 Å². The fraction of sp³-hybridized carbons (Fsp3) is 0.182. The van der Waals surface area contributed by atoms with Gasteiger partial charge in [0.2, 0.25) is 10.0 Å². The molecular weight excluding hydrogens is 256 g/mol. The van der Waals surface area contributed by atoms with Gasteiger partial charge in [-0.1, -0.05) is 11.6 Å². The first-order chi connectivity index (χ1) is 8.23. The molecule has 0 amide bonds. The predicted octanol–water partition coefficient (Wildman–Crippen LogP) is 0.832. The number of hydrogen-bond acceptors (Lipinski definition) is 3. The molecule has 3 N–H and O–H groups in total. The van der Waals surface area contributed by atoms with Gasteiger partial charge in [-0.25, -0.2) is 18.4 Å². The molecule has 2 aromatic rings. The van der Waals surface area contributed by atoms with Crippen LogP contribution in [0, 0.1) is 6.92 Å². The van der Waals surface area contributed by atoms with Gasteiger partial charge in [0.05, 0.1) is 0 Å². The van der Waals surface area contributed by atoms with E-state index in [2.05, 4.69) is 0 Å². The summed E-state index contributed by atoms with van der Waals surface area (Å²) in [6.45, 7) is 1.79. The molecular formula is C11H12N2O4S. The zero-order valence-electron chi connectivity index (χ0n) is 9.84. The molecule has 18 heavy (non-hydrogen) atoms. The number of aromatic nitrogens is 1. The summed E-state index contributed by atoms with van der Waals surface area (Å²) in [5, 5.41) is 14.6. The zero-order chi connectivity index (χ0) is 13.7. The van der Waals surface area contributed by atoms with Crippen molar-refractivity contribution in [2.24, 2.45) is 12.2 Å². The van der Waals surface area contributed by atoms with E-state index in [1.807, 2.05) is 0 Å². The molecule has 0 spiro atoms. The third kappa shape index (κ3) is 1.77. The van der Waals surface area contributed by atoms with E-state index in [1.165, 1.54) is 11.6 Å². The van der Waals surface area contributed by atoms with Crippen molar-refractivity contribution in [1.82, 2.24) is 4.57 Å². The molecule has 0 saturated carbocycles. The average Bonchev–Trinajstić information content (AvgIpc) is 2.50. The van der Waals surface area contributed by atoms with E-state index >= 15 is 0 Å². The number of nitrogens with two attached hydrogens (primary N) is 1. The van der Waals surface area contributed by atoms with Crippen LogP contribution in [0.3, 0.4) is 0 Å². The number of fused-ring (bicyclic) bond motifs is 1. The van der Waals surface area contributed by atoms with Gasteiger partial charge in [0.1, 0.15) is 10.6 Å². The quantitative estimate of drug-likeness (QED) is 0.842. The van der Waals surface area contributed by atoms with Crippen molar-refractivity contribution in [3.05, 3.63) is 29.5 Å². The molecule has 6 nitrogen and oxygen atoms in total. The first-order valence-corrected chi connectivity index (χ1v) is 6.63. The Balaban J connectivity index is 3.09. The number of benzene rings is 1. The number of primary sulfonamides is 1. The lowest BCUT2D eigenvalue weighted by Gasteiger charge is -2.00. The molecule has 0 radical (unpaired) electrons. The molecule has 0 atom stereocenters. The number of carboxylic acid groups (broad SMARTS) is 1. The first-order valence-electron chi connectivity index (χ1n) is 5.08. The predicted molar refractivity (Wildman–Crippen MR) is 66.0 cm³/mol. The van der Waals surface area contributed by atoms with Gasteiger partial charge in [-0.15, -0.1) is 0 Å². The highest BCUT2D eigenvalue weighted by Gasteiger charge is 2.27. The van der Waals surface area contributed by atoms with E-state index in [-0.39, 0.29) is 10.6 Å². The molecule has 1 heterocycles. The summed E-state index contributed by atoms with van der Waals surface area (Å²) in [4.78, 5) is 10.9. The topological polar surface area (TPSA) is 102 Å². The number of sulfonamides is 1. The van der Waals surface area contributed by atoms with Gasteiger partial charge in [-0.2, -0.15) is 0 Å². The Hall–Kier alpha value is -1.86. The molecule has 0 aliphatic carbocycles. The largest absolute Gasteiger partial charge is 0.477 e. The molecule has 0 unspecified atom stereocenters. The molecule has 0 aliphatic rings. The SMILES string of the molecule is Cc1ccc2c(c1)c(S(N)(=O)=O)c(C(=O)O)n2C. The highest BCUT2D eigenvalue weighted by molar-refractivity contribution is 7.89. The van der Waals surface area contributed by atoms with Crippen LogP contribution in [0.5, 0.6) is 0 Å². The fourth-order valence-electron chi connectivity index (χ4n) is 2.05. The van der Waals surface area contributed by atoms with Gasteiger partial charge in [0, 0.05) is 18.0 Å². The Kier molecular flexibility index (Phi) is 2.67. The van der Waals surface area contributed by atoms with Crippen molar-refractivity contribution in [2.75, 3.05) is 0 Å². The van der Waals surface area contributed by atoms with Gasteiger partial charge in [-0.05, 0) is 19.1 Å². The van der Waals surface area contributed by atoms with E-state index in [1.54, 1.807) is 25.1 Å². The standard InChI is InChI=1S/C11H12N2O4S/c1-6-3-4-8-7(5-6)10(18(12,16)17)9(11(14)15)13(8)2/h3-5H,1-2H3,(H,14,15)(H2,12,16,17). The fourth-order valence-corrected chi connectivity index (χ4v) is 3.02. The Morgan fingerprint density at radius 1 is 1.39 bits per heavy atom. The summed E-state index contributed by atoms with van der Waals surface area (Å²) < 4.78 is 24.5. The molecule has 1 aromatic carbocycles. The lowest BCUT2D eigenvalue weighted by molar-refractivity contribution is 0.0682. The molecule has 0 bridgehead atoms. The minimum absolute atomic E-state index is 0.321. The van der Waals surface area contributed by atoms with Crippen LogP contribution in [-0.2, 0) is 17.1 Å². The molecule has 7 heteroatoms. The monoisotopic (exact) mass is 268 g/mol. The second kappa shape index (κ2) is 3.82. The summed E-state index contributed by atoms with van der Waals surface area (Å²) in [5.74, 6) is -1.32. The Morgan fingerprint density at radius 3 is 2.50 bits per heavy atom. The summed E-state index contributed by atoms with van der Waals surface area (Å²) in [5.41, 5.74) is 1.02. The Bertz CT molecular complexity index is 759. The van der Waals surface area contributed by atoms with Gasteiger partial charge in [0.25, 0.3) is 0 Å². The highest BCUT2D eigenvalue weighted by Crippen LogP contribution is 2.29. The molecule has 2 rings (SSSR count). The molecule has 0 aliphatic heterocycles. The van der Waals surface area contributed by atoms with Crippen LogP contribution in [0.2, 0.25) is 0 Å². The zero-order valence-corrected chi connectivity index (χ0v) is 10.7. The van der Waals surface area contributed by atoms with Crippen LogP contribution < -0.4 is 5.14 Å². The van der Waals surface area contributed by atoms with Crippen molar-refractivity contribution in [1.29, 1.82) is 0 Å². The Morgan fingerprint density at radius 2 is 2.00 bits per heavy atom. The van der Waals surface area contributed by atoms with Crippen molar-refractivity contribution in [3.63, 3.8) is 0 Å². The van der Waals surface area contributed by atoms with E-state index in [4.69, 9.17) is 10.2 Å². The number of aryl methyl sites for hydroxylation is 2. The average molecular weight is 268 g/mol. The molecule has 1 aromatic heterocycles. The maximum Gasteiger partial charge on any atom is 0.353 e. The summed E-state index contributed by atoms with van der Waals surface area (Å²) in [6.07, 6.45) is 0. The van der Waals surface area contributed by atoms with Crippen LogP contribution >= 0.6 is 0 Å². The van der Waals surface area contributed by atoms with Crippen molar-refractivity contribution in [2.45, 2.75) is 11.8 Å². The van der Waals surface area contributed by atoms with Gasteiger partial charge in [-0.3, -0.25) is 0 Å². The lowest BCUT2D eigenvalue weighted by Crippen LogP contribution is -2.17. The van der Waals surface area contributed by atoms with Gasteiger partial charge < -0.3 is 9.67 Å². The normalized spacial score (nSPS) is 11.9. The number of carbonyl (C=O) groups is 1. The van der Waals surface area contributed by atoms with Gasteiger partial charge >= 0.3 is 5.97 Å². The van der Waals surface area contributed by atoms with Crippen LogP contribution in [0.4, 0.5) is 0 Å². The molecule has 0 fully saturated rings. The second-order valence-corrected chi connectivity index (χ2v) is 5.61.